The first kappa shape index (κ1) is 26.4. The minimum atomic E-state index is -0.607. The van der Waals surface area contributed by atoms with Gasteiger partial charge in [0.2, 0.25) is 0 Å². The molecule has 0 bridgehead atoms. The van der Waals surface area contributed by atoms with Crippen molar-refractivity contribution in [3.05, 3.63) is 83.2 Å². The average molecular weight is 439 g/mol. The summed E-state index contributed by atoms with van der Waals surface area (Å²) in [7, 11) is 0. The summed E-state index contributed by atoms with van der Waals surface area (Å²) in [6, 6.07) is 8.94. The predicted octanol–water partition coefficient (Wildman–Crippen LogP) is 5.13. The van der Waals surface area contributed by atoms with Gasteiger partial charge < -0.3 is 15.8 Å². The summed E-state index contributed by atoms with van der Waals surface area (Å²) in [5, 5.41) is 5.44. The lowest BCUT2D eigenvalue weighted by molar-refractivity contribution is 0.142. The van der Waals surface area contributed by atoms with Crippen LogP contribution in [0.5, 0.6) is 0 Å². The first-order valence-corrected chi connectivity index (χ1v) is 10.2. The molecule has 0 atom stereocenters. The molecule has 7 nitrogen and oxygen atoms in total. The molecular weight excluding hydrogens is 404 g/mol. The fourth-order valence-corrected chi connectivity index (χ4v) is 2.34. The maximum atomic E-state index is 12.2. The number of benzene rings is 1. The third-order valence-electron chi connectivity index (χ3n) is 3.89. The maximum Gasteiger partial charge on any atom is 0.412 e. The summed E-state index contributed by atoms with van der Waals surface area (Å²) in [4.78, 5) is 28.3. The SMILES string of the molecule is C=C(C)C(/C=C\C(C)=C/C(NC(=O)OCc1ccccc1)=C(/C)N)=N/C(=O)NC(C)(C)C. The highest BCUT2D eigenvalue weighted by Gasteiger charge is 2.13. The molecule has 0 aliphatic heterocycles. The zero-order valence-corrected chi connectivity index (χ0v) is 19.8. The number of nitrogens with zero attached hydrogens (tertiary/aromatic N) is 1. The Morgan fingerprint density at radius 1 is 1.12 bits per heavy atom. The largest absolute Gasteiger partial charge is 0.444 e. The van der Waals surface area contributed by atoms with Crippen LogP contribution in [-0.4, -0.2) is 23.4 Å². The summed E-state index contributed by atoms with van der Waals surface area (Å²) < 4.78 is 5.24. The van der Waals surface area contributed by atoms with Crippen LogP contribution in [0.15, 0.2) is 82.7 Å². The van der Waals surface area contributed by atoms with Gasteiger partial charge in [0.05, 0.1) is 11.4 Å². The maximum absolute atomic E-state index is 12.2. The molecule has 0 saturated heterocycles. The Morgan fingerprint density at radius 3 is 2.28 bits per heavy atom. The number of ether oxygens (including phenoxy) is 1. The number of hydrogen-bond acceptors (Lipinski definition) is 4. The fourth-order valence-electron chi connectivity index (χ4n) is 2.34. The zero-order chi connectivity index (χ0) is 24.3. The molecular formula is C25H34N4O3. The van der Waals surface area contributed by atoms with E-state index in [0.29, 0.717) is 22.7 Å². The molecule has 0 aromatic heterocycles. The predicted molar refractivity (Wildman–Crippen MR) is 130 cm³/mol. The van der Waals surface area contributed by atoms with Gasteiger partial charge in [-0.15, -0.1) is 0 Å². The van der Waals surface area contributed by atoms with Gasteiger partial charge in [-0.2, -0.15) is 4.99 Å². The van der Waals surface area contributed by atoms with Crippen LogP contribution in [0.3, 0.4) is 0 Å². The molecule has 4 N–H and O–H groups in total. The molecule has 32 heavy (non-hydrogen) atoms. The van der Waals surface area contributed by atoms with Crippen LogP contribution >= 0.6 is 0 Å². The van der Waals surface area contributed by atoms with Crippen molar-refractivity contribution in [2.24, 2.45) is 10.7 Å². The Morgan fingerprint density at radius 2 is 1.75 bits per heavy atom. The van der Waals surface area contributed by atoms with Gasteiger partial charge in [0.15, 0.2) is 0 Å². The van der Waals surface area contributed by atoms with Crippen LogP contribution in [0.2, 0.25) is 0 Å². The second-order valence-electron chi connectivity index (χ2n) is 8.46. The highest BCUT2D eigenvalue weighted by Crippen LogP contribution is 2.08. The summed E-state index contributed by atoms with van der Waals surface area (Å²) in [5.41, 5.74) is 9.13. The van der Waals surface area contributed by atoms with Crippen LogP contribution in [0.25, 0.3) is 0 Å². The van der Waals surface area contributed by atoms with Crippen LogP contribution < -0.4 is 16.4 Å². The summed E-state index contributed by atoms with van der Waals surface area (Å²) >= 11 is 0. The molecule has 3 amide bonds. The van der Waals surface area contributed by atoms with Crippen molar-refractivity contribution in [2.45, 2.75) is 53.7 Å². The van der Waals surface area contributed by atoms with E-state index in [1.54, 1.807) is 32.1 Å². The van der Waals surface area contributed by atoms with Crippen molar-refractivity contribution in [3.63, 3.8) is 0 Å². The van der Waals surface area contributed by atoms with E-state index in [2.05, 4.69) is 22.2 Å². The average Bonchev–Trinajstić information content (AvgIpc) is 2.68. The number of urea groups is 1. The van der Waals surface area contributed by atoms with Crippen molar-refractivity contribution >= 4 is 17.8 Å². The standard InChI is InChI=1S/C25H34N4O3/c1-17(2)21(27-23(30)29-25(5,6)7)14-13-18(3)15-22(19(4)26)28-24(31)32-16-20-11-9-8-10-12-20/h8-15H,1,16,26H2,2-7H3,(H,28,31)(H,29,30)/b14-13-,18-15-,22-19+,27-21+. The van der Waals surface area contributed by atoms with Gasteiger partial charge in [0.25, 0.3) is 0 Å². The zero-order valence-electron chi connectivity index (χ0n) is 19.8. The van der Waals surface area contributed by atoms with Gasteiger partial charge >= 0.3 is 12.1 Å². The quantitative estimate of drug-likeness (QED) is 0.405. The number of carbonyl (C=O) groups excluding carboxylic acids is 2. The number of nitrogens with two attached hydrogens (primary N) is 1. The molecule has 0 spiro atoms. The number of nitrogens with one attached hydrogen (secondary N) is 2. The summed E-state index contributed by atoms with van der Waals surface area (Å²) in [5.74, 6) is 0. The minimum absolute atomic E-state index is 0.154. The third kappa shape index (κ3) is 11.0. The van der Waals surface area contributed by atoms with Gasteiger partial charge in [-0.3, -0.25) is 5.32 Å². The molecule has 1 rings (SSSR count). The van der Waals surface area contributed by atoms with Crippen LogP contribution in [-0.2, 0) is 11.3 Å². The number of rotatable bonds is 7. The molecule has 0 saturated carbocycles. The van der Waals surface area contributed by atoms with Gasteiger partial charge in [0, 0.05) is 11.2 Å². The number of aliphatic imine (C=N–C) groups is 1. The van der Waals surface area contributed by atoms with Crippen LogP contribution in [0, 0.1) is 0 Å². The Kier molecular flexibility index (Phi) is 10.2. The lowest BCUT2D eigenvalue weighted by atomic mass is 10.1. The molecule has 0 unspecified atom stereocenters. The Labute approximate surface area is 190 Å². The van der Waals surface area contributed by atoms with Gasteiger partial charge in [0.1, 0.15) is 6.61 Å². The number of allylic oxidation sites excluding steroid dienone is 6. The monoisotopic (exact) mass is 438 g/mol. The van der Waals surface area contributed by atoms with Gasteiger partial charge in [-0.05, 0) is 70.4 Å². The Hall–Kier alpha value is -3.61. The van der Waals surface area contributed by atoms with Crippen LogP contribution in [0.1, 0.15) is 47.1 Å². The lowest BCUT2D eigenvalue weighted by Crippen LogP contribution is -2.39. The van der Waals surface area contributed by atoms with Gasteiger partial charge in [-0.25, -0.2) is 9.59 Å². The molecule has 0 radical (unpaired) electrons. The molecule has 1 aromatic rings. The first-order chi connectivity index (χ1) is 14.9. The molecule has 0 aliphatic rings. The molecule has 7 heteroatoms. The van der Waals surface area contributed by atoms with Crippen LogP contribution in [0.4, 0.5) is 9.59 Å². The molecule has 0 heterocycles. The smallest absolute Gasteiger partial charge is 0.412 e. The molecule has 172 valence electrons. The van der Waals surface area contributed by atoms with E-state index in [9.17, 15) is 9.59 Å². The minimum Gasteiger partial charge on any atom is -0.444 e. The molecule has 0 aliphatic carbocycles. The number of carbonyl (C=O) groups is 2. The highest BCUT2D eigenvalue weighted by molar-refractivity contribution is 6.12. The van der Waals surface area contributed by atoms with Crippen molar-refractivity contribution in [1.82, 2.24) is 10.6 Å². The van der Waals surface area contributed by atoms with E-state index >= 15 is 0 Å². The van der Waals surface area contributed by atoms with Crippen molar-refractivity contribution in [2.75, 3.05) is 0 Å². The topological polar surface area (TPSA) is 106 Å². The summed E-state index contributed by atoms with van der Waals surface area (Å²) in [6.45, 7) is 14.9. The normalized spacial score (nSPS) is 13.4. The second kappa shape index (κ2) is 12.3. The first-order valence-electron chi connectivity index (χ1n) is 10.2. The summed E-state index contributed by atoms with van der Waals surface area (Å²) in [6.07, 6.45) is 4.55. The fraction of sp³-hybridized carbons (Fsp3) is 0.320. The molecule has 1 aromatic carbocycles. The number of hydrogen-bond donors (Lipinski definition) is 3. The van der Waals surface area contributed by atoms with Crippen molar-refractivity contribution in [3.8, 4) is 0 Å². The Bertz CT molecular complexity index is 945. The Balaban J connectivity index is 2.87. The van der Waals surface area contributed by atoms with E-state index in [-0.39, 0.29) is 12.1 Å². The van der Waals surface area contributed by atoms with E-state index in [1.165, 1.54) is 0 Å². The highest BCUT2D eigenvalue weighted by atomic mass is 16.5. The number of alkyl carbamates (subject to hydrolysis) is 1. The number of amides is 3. The van der Waals surface area contributed by atoms with Crippen molar-refractivity contribution in [1.29, 1.82) is 0 Å². The van der Waals surface area contributed by atoms with E-state index < -0.39 is 12.1 Å². The van der Waals surface area contributed by atoms with E-state index in [4.69, 9.17) is 10.5 Å². The second-order valence-corrected chi connectivity index (χ2v) is 8.46. The molecule has 0 fully saturated rings. The third-order valence-corrected chi connectivity index (χ3v) is 3.89. The van der Waals surface area contributed by atoms with E-state index in [1.807, 2.05) is 58.0 Å². The lowest BCUT2D eigenvalue weighted by Gasteiger charge is -2.18. The van der Waals surface area contributed by atoms with Crippen molar-refractivity contribution < 1.29 is 14.3 Å². The van der Waals surface area contributed by atoms with Gasteiger partial charge in [-0.1, -0.05) is 43.0 Å². The van der Waals surface area contributed by atoms with E-state index in [0.717, 1.165) is 11.1 Å².